The summed E-state index contributed by atoms with van der Waals surface area (Å²) in [5.74, 6) is 3.20. The van der Waals surface area contributed by atoms with Gasteiger partial charge in [-0.2, -0.15) is 9.97 Å². The molecule has 6 aromatic rings. The molecule has 0 atom stereocenters. The van der Waals surface area contributed by atoms with E-state index in [1.54, 1.807) is 12.1 Å². The number of nitrogens with zero attached hydrogens (tertiary/aromatic N) is 6. The Kier molecular flexibility index (Phi) is 14.9. The second-order valence-electron chi connectivity index (χ2n) is 16.5. The molecule has 2 aliphatic rings. The Hall–Kier alpha value is -5.11. The van der Waals surface area contributed by atoms with Crippen molar-refractivity contribution >= 4 is 38.9 Å². The maximum Gasteiger partial charge on any atom is 0.258 e. The molecule has 0 fully saturated rings. The molecule has 2 aliphatic heterocycles. The third-order valence-electron chi connectivity index (χ3n) is 11.0. The molecular weight excluding hydrogens is 908 g/mol. The van der Waals surface area contributed by atoms with E-state index in [2.05, 4.69) is 59.0 Å². The summed E-state index contributed by atoms with van der Waals surface area (Å²) >= 11 is 9.87. The zero-order valence-corrected chi connectivity index (χ0v) is 38.3. The number of hydrogen-bond donors (Lipinski definition) is 6. The maximum absolute atomic E-state index is 9.50. The highest BCUT2D eigenvalue weighted by Crippen LogP contribution is 2.36. The molecule has 0 amide bonds. The first-order valence-electron chi connectivity index (χ1n) is 21.1. The van der Waals surface area contributed by atoms with Crippen molar-refractivity contribution in [2.24, 2.45) is 11.5 Å². The Labute approximate surface area is 384 Å². The van der Waals surface area contributed by atoms with Gasteiger partial charge in [-0.1, -0.05) is 28.8 Å². The molecule has 4 aromatic carbocycles. The van der Waals surface area contributed by atoms with Crippen LogP contribution >= 0.6 is 27.5 Å². The summed E-state index contributed by atoms with van der Waals surface area (Å²) in [6.45, 7) is 7.77. The predicted molar refractivity (Wildman–Crippen MR) is 249 cm³/mol. The molecule has 0 unspecified atom stereocenters. The largest absolute Gasteiger partial charge is 0.492 e. The van der Waals surface area contributed by atoms with E-state index < -0.39 is 11.1 Å². The zero-order valence-electron chi connectivity index (χ0n) is 36.0. The first-order valence-corrected chi connectivity index (χ1v) is 22.3. The summed E-state index contributed by atoms with van der Waals surface area (Å²) < 4.78 is 23.2. The molecule has 8 N–H and O–H groups in total. The zero-order chi connectivity index (χ0) is 45.6. The number of anilines is 2. The van der Waals surface area contributed by atoms with Gasteiger partial charge in [-0.25, -0.2) is 0 Å². The van der Waals surface area contributed by atoms with Gasteiger partial charge in [-0.05, 0) is 133 Å². The van der Waals surface area contributed by atoms with Crippen molar-refractivity contribution in [3.05, 3.63) is 93.4 Å². The Morgan fingerprint density at radius 1 is 0.703 bits per heavy atom. The van der Waals surface area contributed by atoms with E-state index in [4.69, 9.17) is 41.6 Å². The van der Waals surface area contributed by atoms with Crippen LogP contribution in [0.2, 0.25) is 5.02 Å². The molecule has 4 heterocycles. The molecule has 0 radical (unpaired) electrons. The molecule has 18 heteroatoms. The average Bonchev–Trinajstić information content (AvgIpc) is 4.14. The Balaban J connectivity index is 0.000000191. The van der Waals surface area contributed by atoms with E-state index in [9.17, 15) is 20.4 Å². The Morgan fingerprint density at radius 3 is 1.61 bits per heavy atom. The molecule has 0 bridgehead atoms. The molecule has 64 heavy (non-hydrogen) atoms. The van der Waals surface area contributed by atoms with E-state index in [0.29, 0.717) is 59.5 Å². The van der Waals surface area contributed by atoms with Crippen molar-refractivity contribution in [1.82, 2.24) is 20.3 Å². The van der Waals surface area contributed by atoms with Gasteiger partial charge in [0.2, 0.25) is 11.6 Å². The van der Waals surface area contributed by atoms with Crippen LogP contribution in [0.3, 0.4) is 0 Å². The van der Waals surface area contributed by atoms with Crippen molar-refractivity contribution < 1.29 is 38.9 Å². The minimum absolute atomic E-state index is 0.0256. The third-order valence-corrected chi connectivity index (χ3v) is 11.9. The minimum atomic E-state index is -1.04. The van der Waals surface area contributed by atoms with Crippen LogP contribution in [0.1, 0.15) is 38.3 Å². The second kappa shape index (κ2) is 20.4. The SMILES string of the molecule is CC(C)Oc1ccc(-c2nc(-c3ccc4c(c3)CCN4CC(N)(CO)CO)no2)cc1Cl.CCCOc1ccc(-c2nc(-c3ccc4c(c3)CCN4CC(N)(CO)CO)no2)cc1Br. The van der Waals surface area contributed by atoms with Crippen LogP contribution in [0, 0.1) is 0 Å². The number of fused-ring (bicyclic) bond motifs is 2. The fourth-order valence-corrected chi connectivity index (χ4v) is 8.19. The van der Waals surface area contributed by atoms with Gasteiger partial charge in [0.1, 0.15) is 11.5 Å². The van der Waals surface area contributed by atoms with Crippen molar-refractivity contribution in [3.63, 3.8) is 0 Å². The molecule has 0 saturated carbocycles. The lowest BCUT2D eigenvalue weighted by Crippen LogP contribution is -2.55. The summed E-state index contributed by atoms with van der Waals surface area (Å²) in [6, 6.07) is 23.0. The number of ether oxygens (including phenoxy) is 2. The summed E-state index contributed by atoms with van der Waals surface area (Å²) in [6.07, 6.45) is 2.63. The van der Waals surface area contributed by atoms with E-state index in [1.807, 2.05) is 68.4 Å². The first kappa shape index (κ1) is 46.9. The average molecular weight is 962 g/mol. The number of rotatable bonds is 17. The van der Waals surface area contributed by atoms with E-state index >= 15 is 0 Å². The van der Waals surface area contributed by atoms with E-state index in [-0.39, 0.29) is 32.5 Å². The van der Waals surface area contributed by atoms with Crippen molar-refractivity contribution in [2.75, 3.05) is 69.0 Å². The number of aliphatic hydroxyl groups excluding tert-OH is 4. The van der Waals surface area contributed by atoms with Crippen LogP contribution in [0.4, 0.5) is 11.4 Å². The molecule has 0 spiro atoms. The highest BCUT2D eigenvalue weighted by Gasteiger charge is 2.32. The highest BCUT2D eigenvalue weighted by molar-refractivity contribution is 9.10. The van der Waals surface area contributed by atoms with Crippen LogP contribution < -0.4 is 30.7 Å². The Morgan fingerprint density at radius 2 is 1.17 bits per heavy atom. The topological polar surface area (TPSA) is 236 Å². The summed E-state index contributed by atoms with van der Waals surface area (Å²) in [4.78, 5) is 13.3. The van der Waals surface area contributed by atoms with Crippen LogP contribution in [0.15, 0.2) is 86.3 Å². The fraction of sp³-hybridized carbons (Fsp3) is 0.391. The van der Waals surface area contributed by atoms with Crippen molar-refractivity contribution in [3.8, 4) is 57.2 Å². The number of hydrogen-bond acceptors (Lipinski definition) is 16. The fourth-order valence-electron chi connectivity index (χ4n) is 7.47. The first-order chi connectivity index (χ1) is 30.8. The summed E-state index contributed by atoms with van der Waals surface area (Å²) in [7, 11) is 0. The molecule has 2 aromatic heterocycles. The minimum Gasteiger partial charge on any atom is -0.492 e. The van der Waals surface area contributed by atoms with E-state index in [1.165, 1.54) is 0 Å². The molecule has 340 valence electrons. The predicted octanol–water partition coefficient (Wildman–Crippen LogP) is 5.89. The molecule has 16 nitrogen and oxygen atoms in total. The van der Waals surface area contributed by atoms with Gasteiger partial charge in [0, 0.05) is 59.8 Å². The number of benzene rings is 4. The number of nitrogens with two attached hydrogens (primary N) is 2. The maximum atomic E-state index is 9.50. The lowest BCUT2D eigenvalue weighted by molar-refractivity contribution is 0.125. The molecule has 0 aliphatic carbocycles. The smallest absolute Gasteiger partial charge is 0.258 e. The van der Waals surface area contributed by atoms with Gasteiger partial charge in [-0.3, -0.25) is 0 Å². The van der Waals surface area contributed by atoms with Crippen LogP contribution in [-0.4, -0.2) is 117 Å². The van der Waals surface area contributed by atoms with Crippen LogP contribution in [0.5, 0.6) is 11.5 Å². The van der Waals surface area contributed by atoms with Crippen LogP contribution in [0.25, 0.3) is 45.7 Å². The number of aromatic nitrogens is 4. The molecule has 8 rings (SSSR count). The highest BCUT2D eigenvalue weighted by atomic mass is 79.9. The lowest BCUT2D eigenvalue weighted by atomic mass is 10.0. The van der Waals surface area contributed by atoms with Crippen molar-refractivity contribution in [2.45, 2.75) is 57.2 Å². The summed E-state index contributed by atoms with van der Waals surface area (Å²) in [5, 5.41) is 46.8. The van der Waals surface area contributed by atoms with Gasteiger partial charge in [0.25, 0.3) is 11.8 Å². The normalized spacial score (nSPS) is 13.6. The number of aliphatic hydroxyl groups is 4. The lowest BCUT2D eigenvalue weighted by Gasteiger charge is -2.31. The van der Waals surface area contributed by atoms with Gasteiger partial charge in [-0.15, -0.1) is 0 Å². The van der Waals surface area contributed by atoms with Gasteiger partial charge < -0.3 is 60.2 Å². The van der Waals surface area contributed by atoms with E-state index in [0.717, 1.165) is 81.8 Å². The number of halogens is 2. The molecular formula is C46H54BrClN8O8. The Bertz CT molecular complexity index is 2530. The van der Waals surface area contributed by atoms with Crippen molar-refractivity contribution in [1.29, 1.82) is 0 Å². The summed E-state index contributed by atoms with van der Waals surface area (Å²) in [5.41, 5.74) is 17.6. The monoisotopic (exact) mass is 960 g/mol. The standard InChI is InChI=1S/C23H27BrN4O4.C23H27ClN4O4/c1-2-9-31-20-6-4-17(11-18(20)24)22-26-21(27-32-22)16-3-5-19-15(10-16)7-8-28(19)12-23(25,13-29)14-30;1-14(2)31-20-6-4-17(10-18(20)24)22-26-21(27-32-22)16-3-5-19-15(9-16)7-8-28(19)11-23(25,12-29)13-30/h3-6,10-11,29-30H,2,7-9,12-14,25H2,1H3;3-6,9-10,14,29-30H,7-8,11-13,25H2,1-2H3. The van der Waals surface area contributed by atoms with Gasteiger partial charge in [0.15, 0.2) is 0 Å². The second-order valence-corrected chi connectivity index (χ2v) is 17.8. The molecule has 0 saturated heterocycles. The van der Waals surface area contributed by atoms with Gasteiger partial charge >= 0.3 is 0 Å². The van der Waals surface area contributed by atoms with Gasteiger partial charge in [0.05, 0.1) is 59.7 Å². The quantitative estimate of drug-likeness (QED) is 0.0625. The van der Waals surface area contributed by atoms with Crippen LogP contribution in [-0.2, 0) is 12.8 Å². The third kappa shape index (κ3) is 10.7.